The highest BCUT2D eigenvalue weighted by molar-refractivity contribution is 5.96. The van der Waals surface area contributed by atoms with E-state index in [0.29, 0.717) is 45.3 Å². The lowest BCUT2D eigenvalue weighted by molar-refractivity contribution is -0.161. The van der Waals surface area contributed by atoms with Gasteiger partial charge in [-0.3, -0.25) is 19.2 Å². The van der Waals surface area contributed by atoms with Gasteiger partial charge in [0.25, 0.3) is 0 Å². The van der Waals surface area contributed by atoms with Crippen LogP contribution in [-0.2, 0) is 38.1 Å². The highest BCUT2D eigenvalue weighted by Crippen LogP contribution is 2.55. The SMILES string of the molecule is COC(=O)C(C[C@@H]1c2cc(OC)cc(OC)c2[C@@H](CC(C(=O)OC)C(=O)OC)c2cc(OC)cc(OC)c21)C(=O)OC. The predicted octanol–water partition coefficient (Wildman–Crippen LogP) is 3.00. The second kappa shape index (κ2) is 13.9. The normalized spacial score (nSPS) is 15.2. The lowest BCUT2D eigenvalue weighted by atomic mass is 9.67. The number of fused-ring (bicyclic) bond motifs is 2. The van der Waals surface area contributed by atoms with Crippen LogP contribution in [0, 0.1) is 11.8 Å². The molecule has 1 aliphatic rings. The summed E-state index contributed by atoms with van der Waals surface area (Å²) < 4.78 is 42.5. The third-order valence-electron chi connectivity index (χ3n) is 7.54. The molecule has 0 amide bonds. The molecule has 0 spiro atoms. The highest BCUT2D eigenvalue weighted by atomic mass is 16.6. The fraction of sp³-hybridized carbons (Fsp3) is 0.467. The molecule has 0 saturated heterocycles. The summed E-state index contributed by atoms with van der Waals surface area (Å²) in [5.41, 5.74) is 2.46. The standard InChI is InChI=1S/C30H36O12/c1-35-15-9-17-19(13-21(27(31)39-5)28(32)40-6)26-18(10-16(36-2)12-24(26)38-4)20(25(17)23(11-15)37-3)14-22(29(33)41-7)30(34)42-8/h9-12,19-22H,13-14H2,1-8H3/t19-,20+. The van der Waals surface area contributed by atoms with Gasteiger partial charge in [-0.25, -0.2) is 0 Å². The second-order valence-electron chi connectivity index (χ2n) is 9.44. The molecular weight excluding hydrogens is 552 g/mol. The molecule has 3 rings (SSSR count). The van der Waals surface area contributed by atoms with Crippen molar-refractivity contribution in [1.29, 1.82) is 0 Å². The van der Waals surface area contributed by atoms with E-state index in [4.69, 9.17) is 37.9 Å². The molecule has 1 aliphatic carbocycles. The van der Waals surface area contributed by atoms with Crippen molar-refractivity contribution in [2.45, 2.75) is 24.7 Å². The van der Waals surface area contributed by atoms with Crippen molar-refractivity contribution in [1.82, 2.24) is 0 Å². The van der Waals surface area contributed by atoms with Crippen molar-refractivity contribution >= 4 is 23.9 Å². The lowest BCUT2D eigenvalue weighted by Crippen LogP contribution is -2.33. The zero-order chi connectivity index (χ0) is 31.1. The van der Waals surface area contributed by atoms with Crippen LogP contribution in [0.15, 0.2) is 24.3 Å². The maximum atomic E-state index is 12.8. The molecule has 0 aliphatic heterocycles. The Bertz CT molecular complexity index is 1200. The first-order valence-electron chi connectivity index (χ1n) is 13.0. The molecule has 0 aromatic heterocycles. The van der Waals surface area contributed by atoms with E-state index in [2.05, 4.69) is 0 Å². The number of ether oxygens (including phenoxy) is 8. The topological polar surface area (TPSA) is 142 Å². The van der Waals surface area contributed by atoms with Gasteiger partial charge in [0.1, 0.15) is 23.0 Å². The average Bonchev–Trinajstić information content (AvgIpc) is 3.03. The molecule has 12 nitrogen and oxygen atoms in total. The zero-order valence-electron chi connectivity index (χ0n) is 24.9. The molecule has 0 bridgehead atoms. The van der Waals surface area contributed by atoms with Gasteiger partial charge in [0.15, 0.2) is 11.8 Å². The van der Waals surface area contributed by atoms with E-state index in [9.17, 15) is 19.2 Å². The molecule has 0 unspecified atom stereocenters. The van der Waals surface area contributed by atoms with Crippen LogP contribution in [0.4, 0.5) is 0 Å². The Morgan fingerprint density at radius 3 is 1.07 bits per heavy atom. The molecule has 0 heterocycles. The molecule has 0 saturated carbocycles. The number of esters is 4. The molecule has 42 heavy (non-hydrogen) atoms. The first-order chi connectivity index (χ1) is 20.1. The van der Waals surface area contributed by atoms with E-state index in [1.165, 1.54) is 56.9 Å². The van der Waals surface area contributed by atoms with Gasteiger partial charge < -0.3 is 37.9 Å². The first kappa shape index (κ1) is 32.0. The fourth-order valence-corrected chi connectivity index (χ4v) is 5.56. The molecule has 2 aromatic rings. The Hall–Kier alpha value is -4.48. The van der Waals surface area contributed by atoms with Gasteiger partial charge in [0, 0.05) is 35.1 Å². The average molecular weight is 589 g/mol. The lowest BCUT2D eigenvalue weighted by Gasteiger charge is -2.38. The minimum absolute atomic E-state index is 0.0670. The summed E-state index contributed by atoms with van der Waals surface area (Å²) in [6, 6.07) is 6.88. The maximum Gasteiger partial charge on any atom is 0.320 e. The van der Waals surface area contributed by atoms with E-state index in [-0.39, 0.29) is 12.8 Å². The Balaban J connectivity index is 2.44. The summed E-state index contributed by atoms with van der Waals surface area (Å²) in [6.45, 7) is 0. The largest absolute Gasteiger partial charge is 0.497 e. The summed E-state index contributed by atoms with van der Waals surface area (Å²) in [5, 5.41) is 0. The smallest absolute Gasteiger partial charge is 0.320 e. The molecule has 0 N–H and O–H groups in total. The van der Waals surface area contributed by atoms with E-state index >= 15 is 0 Å². The number of carbonyl (C=O) groups is 4. The van der Waals surface area contributed by atoms with Crippen LogP contribution in [0.5, 0.6) is 23.0 Å². The fourth-order valence-electron chi connectivity index (χ4n) is 5.56. The predicted molar refractivity (Wildman–Crippen MR) is 147 cm³/mol. The van der Waals surface area contributed by atoms with Crippen LogP contribution in [0.25, 0.3) is 0 Å². The van der Waals surface area contributed by atoms with E-state index in [1.54, 1.807) is 24.3 Å². The monoisotopic (exact) mass is 588 g/mol. The van der Waals surface area contributed by atoms with Crippen molar-refractivity contribution in [2.75, 3.05) is 56.9 Å². The summed E-state index contributed by atoms with van der Waals surface area (Å²) in [6.07, 6.45) is -0.134. The Morgan fingerprint density at radius 2 is 0.833 bits per heavy atom. The van der Waals surface area contributed by atoms with Gasteiger partial charge in [-0.2, -0.15) is 0 Å². The first-order valence-corrected chi connectivity index (χ1v) is 13.0. The summed E-state index contributed by atoms with van der Waals surface area (Å²) in [5.74, 6) is -5.31. The minimum Gasteiger partial charge on any atom is -0.497 e. The number of benzene rings is 2. The van der Waals surface area contributed by atoms with Gasteiger partial charge >= 0.3 is 23.9 Å². The molecular formula is C30H36O12. The summed E-state index contributed by atoms with van der Waals surface area (Å²) >= 11 is 0. The quantitative estimate of drug-likeness (QED) is 0.204. The van der Waals surface area contributed by atoms with Crippen LogP contribution in [-0.4, -0.2) is 80.8 Å². The minimum atomic E-state index is -1.29. The van der Waals surface area contributed by atoms with E-state index in [0.717, 1.165) is 0 Å². The van der Waals surface area contributed by atoms with E-state index < -0.39 is 47.5 Å². The number of hydrogen-bond acceptors (Lipinski definition) is 12. The van der Waals surface area contributed by atoms with Crippen LogP contribution in [0.1, 0.15) is 46.9 Å². The molecule has 0 fully saturated rings. The molecule has 2 aromatic carbocycles. The number of carbonyl (C=O) groups excluding carboxylic acids is 4. The van der Waals surface area contributed by atoms with Crippen molar-refractivity contribution < 1.29 is 57.1 Å². The number of hydrogen-bond donors (Lipinski definition) is 0. The molecule has 12 heteroatoms. The Kier molecular flexibility index (Phi) is 10.6. The van der Waals surface area contributed by atoms with Crippen LogP contribution in [0.2, 0.25) is 0 Å². The van der Waals surface area contributed by atoms with Crippen LogP contribution in [0.3, 0.4) is 0 Å². The third kappa shape index (κ3) is 6.07. The number of methoxy groups -OCH3 is 8. The highest BCUT2D eigenvalue weighted by Gasteiger charge is 2.44. The third-order valence-corrected chi connectivity index (χ3v) is 7.54. The van der Waals surface area contributed by atoms with Crippen molar-refractivity contribution in [3.63, 3.8) is 0 Å². The van der Waals surface area contributed by atoms with E-state index in [1.807, 2.05) is 0 Å². The van der Waals surface area contributed by atoms with Gasteiger partial charge in [-0.05, 0) is 36.1 Å². The summed E-state index contributed by atoms with van der Waals surface area (Å²) in [4.78, 5) is 51.2. The second-order valence-corrected chi connectivity index (χ2v) is 9.44. The molecule has 2 atom stereocenters. The van der Waals surface area contributed by atoms with Gasteiger partial charge in [-0.1, -0.05) is 0 Å². The van der Waals surface area contributed by atoms with Crippen molar-refractivity contribution in [3.05, 3.63) is 46.5 Å². The van der Waals surface area contributed by atoms with Crippen molar-refractivity contribution in [2.24, 2.45) is 11.8 Å². The molecule has 228 valence electrons. The Labute approximate surface area is 244 Å². The van der Waals surface area contributed by atoms with Crippen LogP contribution >= 0.6 is 0 Å². The van der Waals surface area contributed by atoms with Gasteiger partial charge in [-0.15, -0.1) is 0 Å². The molecule has 0 radical (unpaired) electrons. The Morgan fingerprint density at radius 1 is 0.524 bits per heavy atom. The maximum absolute atomic E-state index is 12.8. The van der Waals surface area contributed by atoms with Crippen molar-refractivity contribution in [3.8, 4) is 23.0 Å². The summed E-state index contributed by atoms with van der Waals surface area (Å²) in [7, 11) is 10.7. The zero-order valence-corrected chi connectivity index (χ0v) is 24.9. The van der Waals surface area contributed by atoms with Crippen LogP contribution < -0.4 is 18.9 Å². The number of rotatable bonds is 12. The van der Waals surface area contributed by atoms with Gasteiger partial charge in [0.2, 0.25) is 0 Å². The van der Waals surface area contributed by atoms with Gasteiger partial charge in [0.05, 0.1) is 56.9 Å².